The highest BCUT2D eigenvalue weighted by Crippen LogP contribution is 2.33. The molecule has 0 fully saturated rings. The number of carbonyl (C=O) groups is 2. The maximum absolute atomic E-state index is 12.4. The number of nitrogens with one attached hydrogen (secondary N) is 2. The number of amides is 2. The topological polar surface area (TPSA) is 76.7 Å². The summed E-state index contributed by atoms with van der Waals surface area (Å²) in [5, 5.41) is 1.88. The van der Waals surface area contributed by atoms with Crippen molar-refractivity contribution in [3.05, 3.63) is 45.1 Å². The molecule has 4 rings (SSSR count). The number of hydrazine groups is 1. The lowest BCUT2D eigenvalue weighted by Gasteiger charge is -2.18. The molecule has 0 saturated carbocycles. The largest absolute Gasteiger partial charge is 0.454 e. The van der Waals surface area contributed by atoms with Crippen LogP contribution in [-0.2, 0) is 12.8 Å². The van der Waals surface area contributed by atoms with E-state index >= 15 is 0 Å². The molecule has 25 heavy (non-hydrogen) atoms. The Morgan fingerprint density at radius 3 is 2.84 bits per heavy atom. The van der Waals surface area contributed by atoms with E-state index in [0.29, 0.717) is 28.5 Å². The summed E-state index contributed by atoms with van der Waals surface area (Å²) in [6.45, 7) is 2.38. The fourth-order valence-electron chi connectivity index (χ4n) is 3.16. The molecule has 1 aromatic heterocycles. The maximum atomic E-state index is 12.4. The first-order valence-electron chi connectivity index (χ1n) is 8.21. The molecule has 1 aliphatic heterocycles. The van der Waals surface area contributed by atoms with Crippen LogP contribution in [0.15, 0.2) is 23.6 Å². The zero-order valence-corrected chi connectivity index (χ0v) is 14.6. The van der Waals surface area contributed by atoms with E-state index in [0.717, 1.165) is 24.8 Å². The number of fused-ring (bicyclic) bond motifs is 2. The van der Waals surface area contributed by atoms with Crippen LogP contribution in [0.3, 0.4) is 0 Å². The van der Waals surface area contributed by atoms with Gasteiger partial charge in [0, 0.05) is 15.8 Å². The quantitative estimate of drug-likeness (QED) is 0.809. The molecule has 0 spiro atoms. The number of benzene rings is 1. The summed E-state index contributed by atoms with van der Waals surface area (Å²) < 4.78 is 10.5. The summed E-state index contributed by atoms with van der Waals surface area (Å²) in [7, 11) is 0. The number of rotatable bonds is 2. The van der Waals surface area contributed by atoms with Crippen molar-refractivity contribution in [2.24, 2.45) is 5.92 Å². The van der Waals surface area contributed by atoms with E-state index in [2.05, 4.69) is 17.8 Å². The molecule has 2 amide bonds. The number of carbonyl (C=O) groups excluding carboxylic acids is 2. The molecule has 0 radical (unpaired) electrons. The Kier molecular flexibility index (Phi) is 4.09. The zero-order valence-electron chi connectivity index (χ0n) is 13.8. The summed E-state index contributed by atoms with van der Waals surface area (Å²) in [6, 6.07) is 4.90. The third-order valence-electron chi connectivity index (χ3n) is 4.57. The highest BCUT2D eigenvalue weighted by atomic mass is 32.1. The normalized spacial score (nSPS) is 17.7. The fourth-order valence-corrected chi connectivity index (χ4v) is 4.40. The van der Waals surface area contributed by atoms with E-state index in [1.165, 1.54) is 4.88 Å². The van der Waals surface area contributed by atoms with E-state index in [9.17, 15) is 9.59 Å². The Morgan fingerprint density at radius 1 is 1.16 bits per heavy atom. The van der Waals surface area contributed by atoms with Crippen molar-refractivity contribution >= 4 is 23.2 Å². The Balaban J connectivity index is 1.41. The summed E-state index contributed by atoms with van der Waals surface area (Å²) in [5.74, 6) is 1.12. The van der Waals surface area contributed by atoms with Gasteiger partial charge in [0.25, 0.3) is 11.8 Å². The van der Waals surface area contributed by atoms with Gasteiger partial charge in [-0.15, -0.1) is 11.3 Å². The number of ether oxygens (including phenoxy) is 2. The van der Waals surface area contributed by atoms with Gasteiger partial charge in [-0.1, -0.05) is 6.92 Å². The van der Waals surface area contributed by atoms with Crippen LogP contribution in [0.2, 0.25) is 0 Å². The minimum Gasteiger partial charge on any atom is -0.454 e. The van der Waals surface area contributed by atoms with E-state index in [1.54, 1.807) is 29.5 Å². The molecule has 1 atom stereocenters. The van der Waals surface area contributed by atoms with E-state index in [-0.39, 0.29) is 12.7 Å². The molecule has 6 nitrogen and oxygen atoms in total. The standard InChI is InChI=1S/C18H18N2O4S/c1-10-2-4-12-13(8-25-16(12)6-10)18(22)20-19-17(21)11-3-5-14-15(7-11)24-9-23-14/h3,5,7-8,10H,2,4,6,9H2,1H3,(H,19,21)(H,20,22). The molecular weight excluding hydrogens is 340 g/mol. The predicted molar refractivity (Wildman–Crippen MR) is 93.0 cm³/mol. The third kappa shape index (κ3) is 3.07. The van der Waals surface area contributed by atoms with Gasteiger partial charge in [0.05, 0.1) is 5.56 Å². The molecule has 130 valence electrons. The average molecular weight is 358 g/mol. The van der Waals surface area contributed by atoms with Crippen LogP contribution < -0.4 is 20.3 Å². The Morgan fingerprint density at radius 2 is 1.96 bits per heavy atom. The molecule has 2 heterocycles. The van der Waals surface area contributed by atoms with Gasteiger partial charge in [-0.2, -0.15) is 0 Å². The van der Waals surface area contributed by atoms with Crippen LogP contribution in [0, 0.1) is 5.92 Å². The molecule has 0 bridgehead atoms. The van der Waals surface area contributed by atoms with Crippen molar-refractivity contribution < 1.29 is 19.1 Å². The van der Waals surface area contributed by atoms with Gasteiger partial charge in [-0.05, 0) is 48.9 Å². The first-order chi connectivity index (χ1) is 12.1. The van der Waals surface area contributed by atoms with E-state index < -0.39 is 5.91 Å². The molecule has 1 unspecified atom stereocenters. The summed E-state index contributed by atoms with van der Waals surface area (Å²) in [5.41, 5.74) is 7.15. The highest BCUT2D eigenvalue weighted by molar-refractivity contribution is 7.10. The lowest BCUT2D eigenvalue weighted by atomic mass is 9.88. The molecule has 2 aromatic rings. The van der Waals surface area contributed by atoms with Crippen molar-refractivity contribution in [3.63, 3.8) is 0 Å². The van der Waals surface area contributed by atoms with Gasteiger partial charge in [-0.25, -0.2) is 0 Å². The number of hydrogen-bond acceptors (Lipinski definition) is 5. The lowest BCUT2D eigenvalue weighted by molar-refractivity contribution is 0.0846. The monoisotopic (exact) mass is 358 g/mol. The van der Waals surface area contributed by atoms with Crippen LogP contribution in [0.5, 0.6) is 11.5 Å². The van der Waals surface area contributed by atoms with Gasteiger partial charge >= 0.3 is 0 Å². The van der Waals surface area contributed by atoms with Crippen molar-refractivity contribution in [2.75, 3.05) is 6.79 Å². The molecule has 1 aliphatic carbocycles. The zero-order chi connectivity index (χ0) is 17.4. The van der Waals surface area contributed by atoms with Crippen molar-refractivity contribution in [2.45, 2.75) is 26.2 Å². The van der Waals surface area contributed by atoms with Gasteiger partial charge in [0.1, 0.15) is 0 Å². The summed E-state index contributed by atoms with van der Waals surface area (Å²) in [6.07, 6.45) is 3.03. The Bertz CT molecular complexity index is 846. The van der Waals surface area contributed by atoms with Gasteiger partial charge in [0.15, 0.2) is 11.5 Å². The second kappa shape index (κ2) is 6.40. The molecule has 2 N–H and O–H groups in total. The SMILES string of the molecule is CC1CCc2c(C(=O)NNC(=O)c3ccc4c(c3)OCO4)csc2C1. The maximum Gasteiger partial charge on any atom is 0.270 e. The minimum absolute atomic E-state index is 0.152. The molecular formula is C18H18N2O4S. The van der Waals surface area contributed by atoms with Gasteiger partial charge < -0.3 is 9.47 Å². The van der Waals surface area contributed by atoms with E-state index in [1.807, 2.05) is 5.38 Å². The highest BCUT2D eigenvalue weighted by Gasteiger charge is 2.23. The fraction of sp³-hybridized carbons (Fsp3) is 0.333. The first-order valence-corrected chi connectivity index (χ1v) is 9.09. The number of hydrogen-bond donors (Lipinski definition) is 2. The molecule has 7 heteroatoms. The van der Waals surface area contributed by atoms with Gasteiger partial charge in [0.2, 0.25) is 6.79 Å². The second-order valence-corrected chi connectivity index (χ2v) is 7.34. The smallest absolute Gasteiger partial charge is 0.270 e. The van der Waals surface area contributed by atoms with Crippen LogP contribution in [0.25, 0.3) is 0 Å². The Hall–Kier alpha value is -2.54. The molecule has 2 aliphatic rings. The Labute approximate surface area is 149 Å². The third-order valence-corrected chi connectivity index (χ3v) is 5.62. The van der Waals surface area contributed by atoms with Crippen LogP contribution in [-0.4, -0.2) is 18.6 Å². The second-order valence-electron chi connectivity index (χ2n) is 6.38. The summed E-state index contributed by atoms with van der Waals surface area (Å²) in [4.78, 5) is 25.9. The van der Waals surface area contributed by atoms with Gasteiger partial charge in [-0.3, -0.25) is 20.4 Å². The lowest BCUT2D eigenvalue weighted by Crippen LogP contribution is -2.41. The summed E-state index contributed by atoms with van der Waals surface area (Å²) >= 11 is 1.62. The van der Waals surface area contributed by atoms with Crippen molar-refractivity contribution in [3.8, 4) is 11.5 Å². The first kappa shape index (κ1) is 16.0. The minimum atomic E-state index is -0.399. The number of thiophene rings is 1. The van der Waals surface area contributed by atoms with Crippen LogP contribution in [0.4, 0.5) is 0 Å². The predicted octanol–water partition coefficient (Wildman–Crippen LogP) is 2.68. The van der Waals surface area contributed by atoms with Crippen molar-refractivity contribution in [1.82, 2.24) is 10.9 Å². The molecule has 1 aromatic carbocycles. The van der Waals surface area contributed by atoms with Crippen LogP contribution in [0.1, 0.15) is 44.5 Å². The van der Waals surface area contributed by atoms with E-state index in [4.69, 9.17) is 9.47 Å². The van der Waals surface area contributed by atoms with Crippen LogP contribution >= 0.6 is 11.3 Å². The van der Waals surface area contributed by atoms with Crippen molar-refractivity contribution in [1.29, 1.82) is 0 Å². The molecule has 0 saturated heterocycles. The average Bonchev–Trinajstić information content (AvgIpc) is 3.24.